The maximum absolute atomic E-state index is 6.68. The second-order valence-electron chi connectivity index (χ2n) is 7.74. The average molecular weight is 399 g/mol. The first-order chi connectivity index (χ1) is 15.2. The standard InChI is InChI=1S/C30H22O/c1-23-17-18-29-27(21-23)28(25-13-7-3-8-14-25)22-30(31-29,26-15-9-4-10-16-26)20-19-24-11-5-2-6-12-24/h2-18,21-22H,1H3. The van der Waals surface area contributed by atoms with E-state index in [9.17, 15) is 0 Å². The van der Waals surface area contributed by atoms with E-state index >= 15 is 0 Å². The van der Waals surface area contributed by atoms with E-state index in [4.69, 9.17) is 4.74 Å². The monoisotopic (exact) mass is 398 g/mol. The van der Waals surface area contributed by atoms with Gasteiger partial charge >= 0.3 is 0 Å². The lowest BCUT2D eigenvalue weighted by Crippen LogP contribution is -2.32. The van der Waals surface area contributed by atoms with Crippen LogP contribution in [-0.4, -0.2) is 0 Å². The van der Waals surface area contributed by atoms with Gasteiger partial charge in [0.1, 0.15) is 5.75 Å². The molecule has 0 bridgehead atoms. The SMILES string of the molecule is Cc1ccc2c(c1)C(c1ccccc1)=CC(C#Cc1ccccc1)(c1ccccc1)O2. The Morgan fingerprint density at radius 2 is 1.35 bits per heavy atom. The molecule has 5 rings (SSSR count). The highest BCUT2D eigenvalue weighted by Gasteiger charge is 2.36. The second-order valence-corrected chi connectivity index (χ2v) is 7.74. The van der Waals surface area contributed by atoms with Crippen LogP contribution >= 0.6 is 0 Å². The quantitative estimate of drug-likeness (QED) is 0.339. The summed E-state index contributed by atoms with van der Waals surface area (Å²) in [5.74, 6) is 7.67. The van der Waals surface area contributed by atoms with Crippen molar-refractivity contribution < 1.29 is 4.74 Å². The molecule has 1 aliphatic heterocycles. The van der Waals surface area contributed by atoms with Crippen molar-refractivity contribution in [2.45, 2.75) is 12.5 Å². The van der Waals surface area contributed by atoms with Gasteiger partial charge in [0.05, 0.1) is 0 Å². The predicted molar refractivity (Wildman–Crippen MR) is 127 cm³/mol. The molecule has 0 saturated carbocycles. The van der Waals surface area contributed by atoms with Crippen molar-refractivity contribution in [3.63, 3.8) is 0 Å². The molecule has 148 valence electrons. The smallest absolute Gasteiger partial charge is 0.214 e. The molecule has 0 radical (unpaired) electrons. The summed E-state index contributed by atoms with van der Waals surface area (Å²) in [7, 11) is 0. The first-order valence-electron chi connectivity index (χ1n) is 10.5. The third kappa shape index (κ3) is 3.77. The number of ether oxygens (including phenoxy) is 1. The van der Waals surface area contributed by atoms with Crippen molar-refractivity contribution in [3.8, 4) is 17.6 Å². The summed E-state index contributed by atoms with van der Waals surface area (Å²) in [5, 5.41) is 0. The van der Waals surface area contributed by atoms with Crippen molar-refractivity contribution >= 4 is 5.57 Å². The fraction of sp³-hybridized carbons (Fsp3) is 0.0667. The Kier molecular flexibility index (Phi) is 4.90. The number of benzene rings is 4. The lowest BCUT2D eigenvalue weighted by molar-refractivity contribution is 0.179. The number of hydrogen-bond acceptors (Lipinski definition) is 1. The normalized spacial score (nSPS) is 16.9. The van der Waals surface area contributed by atoms with Crippen LogP contribution < -0.4 is 4.74 Å². The van der Waals surface area contributed by atoms with E-state index in [-0.39, 0.29) is 0 Å². The van der Waals surface area contributed by atoms with Gasteiger partial charge in [-0.25, -0.2) is 0 Å². The predicted octanol–water partition coefficient (Wildman–Crippen LogP) is 6.77. The van der Waals surface area contributed by atoms with Crippen molar-refractivity contribution in [1.29, 1.82) is 0 Å². The molecular formula is C30H22O. The van der Waals surface area contributed by atoms with E-state index in [0.717, 1.165) is 33.6 Å². The van der Waals surface area contributed by atoms with E-state index in [0.29, 0.717) is 0 Å². The van der Waals surface area contributed by atoms with Gasteiger partial charge in [0.2, 0.25) is 5.60 Å². The highest BCUT2D eigenvalue weighted by Crippen LogP contribution is 2.43. The van der Waals surface area contributed by atoms with Gasteiger partial charge in [-0.15, -0.1) is 0 Å². The Morgan fingerprint density at radius 3 is 2.06 bits per heavy atom. The third-order valence-electron chi connectivity index (χ3n) is 5.50. The largest absolute Gasteiger partial charge is 0.466 e. The third-order valence-corrected chi connectivity index (χ3v) is 5.50. The van der Waals surface area contributed by atoms with Crippen molar-refractivity contribution in [2.75, 3.05) is 0 Å². The van der Waals surface area contributed by atoms with Gasteiger partial charge in [-0.05, 0) is 54.3 Å². The maximum Gasteiger partial charge on any atom is 0.214 e. The molecule has 1 heteroatoms. The van der Waals surface area contributed by atoms with Crippen LogP contribution in [0, 0.1) is 18.8 Å². The number of hydrogen-bond donors (Lipinski definition) is 0. The molecule has 0 fully saturated rings. The Labute approximate surface area is 183 Å². The molecule has 1 nitrogen and oxygen atoms in total. The van der Waals surface area contributed by atoms with E-state index in [1.165, 1.54) is 5.56 Å². The first-order valence-corrected chi connectivity index (χ1v) is 10.5. The molecule has 1 heterocycles. The Balaban J connectivity index is 1.77. The van der Waals surface area contributed by atoms with Crippen molar-refractivity contribution in [3.05, 3.63) is 143 Å². The molecule has 4 aromatic carbocycles. The van der Waals surface area contributed by atoms with Gasteiger partial charge in [-0.3, -0.25) is 0 Å². The fourth-order valence-corrected chi connectivity index (χ4v) is 3.93. The first kappa shape index (κ1) is 19.0. The van der Waals surface area contributed by atoms with Crippen LogP contribution in [0.3, 0.4) is 0 Å². The van der Waals surface area contributed by atoms with Crippen LogP contribution in [0.2, 0.25) is 0 Å². The topological polar surface area (TPSA) is 9.23 Å². The number of aryl methyl sites for hydroxylation is 1. The van der Waals surface area contributed by atoms with E-state index in [1.54, 1.807) is 0 Å². The van der Waals surface area contributed by atoms with E-state index < -0.39 is 5.60 Å². The molecule has 1 unspecified atom stereocenters. The van der Waals surface area contributed by atoms with Gasteiger partial charge in [0, 0.05) is 16.7 Å². The van der Waals surface area contributed by atoms with Crippen LogP contribution in [-0.2, 0) is 5.60 Å². The zero-order valence-electron chi connectivity index (χ0n) is 17.4. The molecule has 0 saturated heterocycles. The Hall–Kier alpha value is -4.02. The van der Waals surface area contributed by atoms with Gasteiger partial charge < -0.3 is 4.74 Å². The minimum absolute atomic E-state index is 0.846. The molecule has 4 aromatic rings. The molecule has 1 aliphatic rings. The summed E-state index contributed by atoms with van der Waals surface area (Å²) in [6.07, 6.45) is 2.18. The van der Waals surface area contributed by atoms with Gasteiger partial charge in [-0.2, -0.15) is 0 Å². The molecular weight excluding hydrogens is 376 g/mol. The second kappa shape index (κ2) is 8.01. The zero-order chi connectivity index (χ0) is 21.1. The van der Waals surface area contributed by atoms with Crippen LogP contribution in [0.15, 0.2) is 115 Å². The highest BCUT2D eigenvalue weighted by molar-refractivity contribution is 5.86. The summed E-state index contributed by atoms with van der Waals surface area (Å²) >= 11 is 0. The lowest BCUT2D eigenvalue weighted by atomic mass is 9.84. The summed E-state index contributed by atoms with van der Waals surface area (Å²) in [4.78, 5) is 0. The Bertz CT molecular complexity index is 1290. The molecule has 1 atom stereocenters. The van der Waals surface area contributed by atoms with Gasteiger partial charge in [-0.1, -0.05) is 96.4 Å². The fourth-order valence-electron chi connectivity index (χ4n) is 3.93. The molecule has 0 N–H and O–H groups in total. The molecule has 31 heavy (non-hydrogen) atoms. The summed E-state index contributed by atoms with van der Waals surface area (Å²) in [5.41, 5.74) is 5.68. The minimum Gasteiger partial charge on any atom is -0.466 e. The van der Waals surface area contributed by atoms with Crippen LogP contribution in [0.1, 0.15) is 27.8 Å². The van der Waals surface area contributed by atoms with E-state index in [1.807, 2.05) is 54.6 Å². The molecule has 0 aliphatic carbocycles. The van der Waals surface area contributed by atoms with Crippen LogP contribution in [0.25, 0.3) is 5.57 Å². The molecule has 0 aromatic heterocycles. The molecule has 0 spiro atoms. The summed E-state index contributed by atoms with van der Waals surface area (Å²) in [6, 6.07) is 37.1. The average Bonchev–Trinajstić information content (AvgIpc) is 2.84. The van der Waals surface area contributed by atoms with Gasteiger partial charge in [0.15, 0.2) is 0 Å². The lowest BCUT2D eigenvalue weighted by Gasteiger charge is -2.34. The van der Waals surface area contributed by atoms with Crippen molar-refractivity contribution in [2.24, 2.45) is 0 Å². The van der Waals surface area contributed by atoms with Crippen molar-refractivity contribution in [1.82, 2.24) is 0 Å². The summed E-state index contributed by atoms with van der Waals surface area (Å²) in [6.45, 7) is 2.11. The summed E-state index contributed by atoms with van der Waals surface area (Å²) < 4.78 is 6.68. The van der Waals surface area contributed by atoms with Crippen LogP contribution in [0.5, 0.6) is 5.75 Å². The van der Waals surface area contributed by atoms with Crippen LogP contribution in [0.4, 0.5) is 0 Å². The zero-order valence-corrected chi connectivity index (χ0v) is 17.4. The highest BCUT2D eigenvalue weighted by atomic mass is 16.5. The number of rotatable bonds is 2. The van der Waals surface area contributed by atoms with E-state index in [2.05, 4.69) is 79.4 Å². The molecule has 0 amide bonds. The Morgan fingerprint density at radius 1 is 0.710 bits per heavy atom. The minimum atomic E-state index is -0.884. The maximum atomic E-state index is 6.68. The number of fused-ring (bicyclic) bond motifs is 1. The van der Waals surface area contributed by atoms with Gasteiger partial charge in [0.25, 0.3) is 0 Å².